The average Bonchev–Trinajstić information content (AvgIpc) is 2.38. The molecule has 0 spiro atoms. The molecule has 1 rings (SSSR count). The summed E-state index contributed by atoms with van der Waals surface area (Å²) < 4.78 is 20.6. The van der Waals surface area contributed by atoms with Gasteiger partial charge in [-0.2, -0.15) is 0 Å². The van der Waals surface area contributed by atoms with Crippen molar-refractivity contribution in [2.45, 2.75) is 38.5 Å². The minimum Gasteiger partial charge on any atom is -0.466 e. The van der Waals surface area contributed by atoms with Crippen molar-refractivity contribution >= 4 is 32.9 Å². The monoisotopic (exact) mass is 362 g/mol. The van der Waals surface area contributed by atoms with Crippen molar-refractivity contribution in [3.8, 4) is 0 Å². The first-order valence-corrected chi connectivity index (χ1v) is 8.38. The normalized spacial score (nSPS) is 14.1. The maximum atomic E-state index is 12.0. The largest absolute Gasteiger partial charge is 0.466 e. The molecular formula is C13H19BrN2O3S. The number of aromatic nitrogens is 1. The third-order valence-corrected chi connectivity index (χ3v) is 4.32. The van der Waals surface area contributed by atoms with Gasteiger partial charge in [0.25, 0.3) is 0 Å². The topological polar surface area (TPSA) is 68.3 Å². The summed E-state index contributed by atoms with van der Waals surface area (Å²) in [4.78, 5) is 15.7. The summed E-state index contributed by atoms with van der Waals surface area (Å²) in [6.45, 7) is 5.80. The zero-order valence-electron chi connectivity index (χ0n) is 11.8. The number of ether oxygens (including phenoxy) is 1. The summed E-state index contributed by atoms with van der Waals surface area (Å²) in [5.74, 6) is -0.321. The van der Waals surface area contributed by atoms with E-state index in [9.17, 15) is 9.00 Å². The molecule has 1 heterocycles. The number of rotatable bonds is 7. The van der Waals surface area contributed by atoms with Crippen LogP contribution in [-0.4, -0.2) is 27.0 Å². The lowest BCUT2D eigenvalue weighted by Crippen LogP contribution is -2.30. The fourth-order valence-electron chi connectivity index (χ4n) is 1.52. The summed E-state index contributed by atoms with van der Waals surface area (Å²) in [5.41, 5.74) is 0.842. The number of carbonyl (C=O) groups excluding carboxylic acids is 1. The summed E-state index contributed by atoms with van der Waals surface area (Å²) in [5, 5.41) is -0.0371. The van der Waals surface area contributed by atoms with Crippen LogP contribution in [0.25, 0.3) is 0 Å². The average molecular weight is 363 g/mol. The van der Waals surface area contributed by atoms with E-state index in [4.69, 9.17) is 4.74 Å². The smallest absolute Gasteiger partial charge is 0.307 e. The second-order valence-corrected chi connectivity index (χ2v) is 7.02. The highest BCUT2D eigenvalue weighted by Crippen LogP contribution is 2.21. The maximum Gasteiger partial charge on any atom is 0.307 e. The van der Waals surface area contributed by atoms with Gasteiger partial charge in [0.15, 0.2) is 0 Å². The van der Waals surface area contributed by atoms with Crippen LogP contribution < -0.4 is 4.72 Å². The Morgan fingerprint density at radius 2 is 2.25 bits per heavy atom. The van der Waals surface area contributed by atoms with Crippen molar-refractivity contribution in [1.82, 2.24) is 9.71 Å². The molecule has 0 aliphatic carbocycles. The highest BCUT2D eigenvalue weighted by Gasteiger charge is 2.20. The molecule has 1 aromatic heterocycles. The van der Waals surface area contributed by atoms with Crippen LogP contribution in [0.4, 0.5) is 0 Å². The number of carbonyl (C=O) groups is 1. The summed E-state index contributed by atoms with van der Waals surface area (Å²) in [6.07, 6.45) is 1.76. The third kappa shape index (κ3) is 5.68. The number of nitrogens with zero attached hydrogens (tertiary/aromatic N) is 1. The zero-order chi connectivity index (χ0) is 15.1. The molecule has 5 nitrogen and oxygen atoms in total. The SMILES string of the molecule is CCOC(=O)C[C@H](N[S@](=O)C(C)C)c1ccnc(Br)c1. The van der Waals surface area contributed by atoms with Gasteiger partial charge in [-0.1, -0.05) is 0 Å². The Kier molecular flexibility index (Phi) is 7.32. The molecule has 0 saturated heterocycles. The second kappa shape index (κ2) is 8.49. The molecule has 1 aromatic rings. The summed E-state index contributed by atoms with van der Waals surface area (Å²) in [6, 6.07) is 3.23. The molecule has 7 heteroatoms. The van der Waals surface area contributed by atoms with Gasteiger partial charge >= 0.3 is 5.97 Å². The Hall–Kier alpha value is -0.790. The summed E-state index contributed by atoms with van der Waals surface area (Å²) in [7, 11) is -1.22. The van der Waals surface area contributed by atoms with Gasteiger partial charge in [0, 0.05) is 11.4 Å². The molecule has 0 unspecified atom stereocenters. The van der Waals surface area contributed by atoms with Crippen LogP contribution in [0.1, 0.15) is 38.8 Å². The van der Waals surface area contributed by atoms with E-state index in [-0.39, 0.29) is 23.7 Å². The van der Waals surface area contributed by atoms with E-state index in [2.05, 4.69) is 25.6 Å². The lowest BCUT2D eigenvalue weighted by molar-refractivity contribution is -0.143. The van der Waals surface area contributed by atoms with Crippen LogP contribution in [0.15, 0.2) is 22.9 Å². The highest BCUT2D eigenvalue weighted by molar-refractivity contribution is 9.10. The third-order valence-electron chi connectivity index (χ3n) is 2.52. The Morgan fingerprint density at radius 1 is 1.55 bits per heavy atom. The van der Waals surface area contributed by atoms with Crippen LogP contribution in [0.5, 0.6) is 0 Å². The predicted molar refractivity (Wildman–Crippen MR) is 82.3 cm³/mol. The van der Waals surface area contributed by atoms with Gasteiger partial charge in [0.05, 0.1) is 30.1 Å². The Labute approximate surface area is 130 Å². The molecule has 0 fully saturated rings. The van der Waals surface area contributed by atoms with Gasteiger partial charge in [-0.05, 0) is 54.4 Å². The van der Waals surface area contributed by atoms with Crippen LogP contribution in [-0.2, 0) is 20.5 Å². The molecule has 20 heavy (non-hydrogen) atoms. The molecule has 0 saturated carbocycles. The van der Waals surface area contributed by atoms with Crippen molar-refractivity contribution in [1.29, 1.82) is 0 Å². The Bertz CT molecular complexity index is 482. The molecule has 0 radical (unpaired) electrons. The van der Waals surface area contributed by atoms with Gasteiger partial charge in [0.1, 0.15) is 4.60 Å². The van der Waals surface area contributed by atoms with E-state index in [1.807, 2.05) is 13.8 Å². The molecule has 0 aliphatic heterocycles. The van der Waals surface area contributed by atoms with Gasteiger partial charge in [-0.3, -0.25) is 4.79 Å². The van der Waals surface area contributed by atoms with Crippen molar-refractivity contribution in [3.63, 3.8) is 0 Å². The number of halogens is 1. The van der Waals surface area contributed by atoms with E-state index in [0.29, 0.717) is 11.2 Å². The van der Waals surface area contributed by atoms with E-state index in [1.54, 1.807) is 25.3 Å². The molecule has 0 bridgehead atoms. The minimum atomic E-state index is -1.22. The minimum absolute atomic E-state index is 0.0371. The van der Waals surface area contributed by atoms with Gasteiger partial charge in [-0.15, -0.1) is 0 Å². The number of hydrogen-bond acceptors (Lipinski definition) is 4. The fourth-order valence-corrected chi connectivity index (χ4v) is 2.68. The predicted octanol–water partition coefficient (Wildman–Crippen LogP) is 2.50. The van der Waals surface area contributed by atoms with Crippen LogP contribution in [0.3, 0.4) is 0 Å². The Balaban J connectivity index is 2.89. The van der Waals surface area contributed by atoms with E-state index in [1.165, 1.54) is 0 Å². The second-order valence-electron chi connectivity index (χ2n) is 4.44. The standard InChI is InChI=1S/C13H19BrN2O3S/c1-4-19-13(17)8-11(16-20(18)9(2)3)10-5-6-15-12(14)7-10/h5-7,9,11,16H,4,8H2,1-3H3/t11-,20+/m0/s1. The summed E-state index contributed by atoms with van der Waals surface area (Å²) >= 11 is 3.29. The maximum absolute atomic E-state index is 12.0. The van der Waals surface area contributed by atoms with Crippen molar-refractivity contribution in [3.05, 3.63) is 28.5 Å². The molecule has 112 valence electrons. The highest BCUT2D eigenvalue weighted by atomic mass is 79.9. The fraction of sp³-hybridized carbons (Fsp3) is 0.538. The van der Waals surface area contributed by atoms with Crippen LogP contribution >= 0.6 is 15.9 Å². The van der Waals surface area contributed by atoms with Gasteiger partial charge < -0.3 is 4.74 Å². The first-order chi connectivity index (χ1) is 9.43. The van der Waals surface area contributed by atoms with Crippen molar-refractivity contribution in [2.75, 3.05) is 6.61 Å². The lowest BCUT2D eigenvalue weighted by atomic mass is 10.1. The van der Waals surface area contributed by atoms with Gasteiger partial charge in [0.2, 0.25) is 0 Å². The molecular weight excluding hydrogens is 344 g/mol. The van der Waals surface area contributed by atoms with E-state index >= 15 is 0 Å². The molecule has 2 atom stereocenters. The number of hydrogen-bond donors (Lipinski definition) is 1. The first-order valence-electron chi connectivity index (χ1n) is 6.37. The van der Waals surface area contributed by atoms with Crippen LogP contribution in [0.2, 0.25) is 0 Å². The van der Waals surface area contributed by atoms with Crippen molar-refractivity contribution in [2.24, 2.45) is 0 Å². The van der Waals surface area contributed by atoms with E-state index < -0.39 is 11.0 Å². The first kappa shape index (κ1) is 17.3. The molecule has 0 aromatic carbocycles. The van der Waals surface area contributed by atoms with Crippen LogP contribution in [0, 0.1) is 0 Å². The molecule has 0 amide bonds. The number of esters is 1. The lowest BCUT2D eigenvalue weighted by Gasteiger charge is -2.19. The molecule has 0 aliphatic rings. The van der Waals surface area contributed by atoms with Crippen molar-refractivity contribution < 1.29 is 13.7 Å². The zero-order valence-corrected chi connectivity index (χ0v) is 14.2. The molecule has 1 N–H and O–H groups in total. The Morgan fingerprint density at radius 3 is 2.80 bits per heavy atom. The van der Waals surface area contributed by atoms with E-state index in [0.717, 1.165) is 5.56 Å². The van der Waals surface area contributed by atoms with Gasteiger partial charge in [-0.25, -0.2) is 13.9 Å². The quantitative estimate of drug-likeness (QED) is 0.597. The number of pyridine rings is 1. The number of nitrogens with one attached hydrogen (secondary N) is 1.